The number of amides is 2. The van der Waals surface area contributed by atoms with Crippen molar-refractivity contribution >= 4 is 34.8 Å². The largest absolute Gasteiger partial charge is 0.491 e. The minimum atomic E-state index is -4.89. The highest BCUT2D eigenvalue weighted by Gasteiger charge is 2.43. The quantitative estimate of drug-likeness (QED) is 0.629. The second-order valence-electron chi connectivity index (χ2n) is 7.76. The number of benzene rings is 2. The van der Waals surface area contributed by atoms with Crippen molar-refractivity contribution in [2.75, 3.05) is 36.4 Å². The van der Waals surface area contributed by atoms with E-state index in [0.29, 0.717) is 27.7 Å². The molecular weight excluding hydrogens is 459 g/mol. The minimum absolute atomic E-state index is 0.00531. The number of nitrogens with zero attached hydrogens (tertiary/aromatic N) is 2. The molecule has 178 valence electrons. The summed E-state index contributed by atoms with van der Waals surface area (Å²) in [5.74, 6) is -1.64. The van der Waals surface area contributed by atoms with Crippen LogP contribution in [-0.4, -0.2) is 55.2 Å². The Hall–Kier alpha value is -2.94. The number of ether oxygens (including phenoxy) is 1. The number of hydrogen-bond acceptors (Lipinski definition) is 4. The standard InChI is InChI=1S/C23H25ClF3N3O3/c1-3-15(2)33-18-6-4-5-16(13-18)21(31)28-19-14-17(24)7-8-20(19)29-9-11-30(12-10-29)22(32)23(25,26)27/h4-8,13-15H,3,9-12H2,1-2H3,(H,28,31). The fraction of sp³-hybridized carbons (Fsp3) is 0.391. The molecule has 6 nitrogen and oxygen atoms in total. The predicted molar refractivity (Wildman–Crippen MR) is 121 cm³/mol. The van der Waals surface area contributed by atoms with Gasteiger partial charge in [-0.1, -0.05) is 24.6 Å². The lowest BCUT2D eigenvalue weighted by atomic mass is 10.1. The van der Waals surface area contributed by atoms with Crippen molar-refractivity contribution in [1.29, 1.82) is 0 Å². The molecule has 2 aromatic rings. The highest BCUT2D eigenvalue weighted by Crippen LogP contribution is 2.31. The fourth-order valence-corrected chi connectivity index (χ4v) is 3.61. The summed E-state index contributed by atoms with van der Waals surface area (Å²) in [5, 5.41) is 3.23. The van der Waals surface area contributed by atoms with Crippen LogP contribution in [0, 0.1) is 0 Å². The molecule has 0 saturated carbocycles. The maximum Gasteiger partial charge on any atom is 0.471 e. The number of carbonyl (C=O) groups excluding carboxylic acids is 2. The minimum Gasteiger partial charge on any atom is -0.491 e. The van der Waals surface area contributed by atoms with E-state index in [1.807, 2.05) is 18.7 Å². The van der Waals surface area contributed by atoms with Gasteiger partial charge in [0, 0.05) is 36.8 Å². The molecule has 1 unspecified atom stereocenters. The van der Waals surface area contributed by atoms with E-state index < -0.39 is 12.1 Å². The highest BCUT2D eigenvalue weighted by molar-refractivity contribution is 6.31. The molecule has 1 aliphatic rings. The summed E-state index contributed by atoms with van der Waals surface area (Å²) in [7, 11) is 0. The molecule has 0 radical (unpaired) electrons. The van der Waals surface area contributed by atoms with Gasteiger partial charge in [0.25, 0.3) is 5.91 Å². The van der Waals surface area contributed by atoms with E-state index in [-0.39, 0.29) is 38.2 Å². The van der Waals surface area contributed by atoms with Crippen molar-refractivity contribution in [3.63, 3.8) is 0 Å². The van der Waals surface area contributed by atoms with Crippen molar-refractivity contribution in [2.45, 2.75) is 32.5 Å². The average molecular weight is 484 g/mol. The summed E-state index contributed by atoms with van der Waals surface area (Å²) in [6, 6.07) is 11.7. The zero-order valence-electron chi connectivity index (χ0n) is 18.3. The molecule has 10 heteroatoms. The Labute approximate surface area is 195 Å². The van der Waals surface area contributed by atoms with Crippen LogP contribution in [0.3, 0.4) is 0 Å². The summed E-state index contributed by atoms with van der Waals surface area (Å²) >= 11 is 6.13. The monoisotopic (exact) mass is 483 g/mol. The maximum atomic E-state index is 12.9. The molecule has 2 amide bonds. The van der Waals surface area contributed by atoms with Gasteiger partial charge in [-0.05, 0) is 49.7 Å². The number of alkyl halides is 3. The lowest BCUT2D eigenvalue weighted by Crippen LogP contribution is -2.52. The van der Waals surface area contributed by atoms with Crippen molar-refractivity contribution in [1.82, 2.24) is 4.90 Å². The third-order valence-electron chi connectivity index (χ3n) is 5.37. The molecule has 0 aliphatic carbocycles. The molecule has 0 aromatic heterocycles. The fourth-order valence-electron chi connectivity index (χ4n) is 3.43. The summed E-state index contributed by atoms with van der Waals surface area (Å²) in [4.78, 5) is 27.0. The second kappa shape index (κ2) is 10.3. The van der Waals surface area contributed by atoms with Gasteiger partial charge in [-0.3, -0.25) is 9.59 Å². The molecule has 0 bridgehead atoms. The predicted octanol–water partition coefficient (Wildman–Crippen LogP) is 4.98. The molecule has 2 aromatic carbocycles. The lowest BCUT2D eigenvalue weighted by molar-refractivity contribution is -0.185. The van der Waals surface area contributed by atoms with Gasteiger partial charge in [-0.25, -0.2) is 0 Å². The van der Waals surface area contributed by atoms with Crippen LogP contribution in [0.4, 0.5) is 24.5 Å². The second-order valence-corrected chi connectivity index (χ2v) is 8.19. The van der Waals surface area contributed by atoms with Crippen LogP contribution < -0.4 is 15.0 Å². The van der Waals surface area contributed by atoms with Gasteiger partial charge >= 0.3 is 12.1 Å². The van der Waals surface area contributed by atoms with Crippen molar-refractivity contribution < 1.29 is 27.5 Å². The summed E-state index contributed by atoms with van der Waals surface area (Å²) in [5.41, 5.74) is 1.43. The Morgan fingerprint density at radius 2 is 1.82 bits per heavy atom. The number of anilines is 2. The van der Waals surface area contributed by atoms with E-state index in [4.69, 9.17) is 16.3 Å². The first-order valence-electron chi connectivity index (χ1n) is 10.6. The first-order valence-corrected chi connectivity index (χ1v) is 10.9. The first-order chi connectivity index (χ1) is 15.6. The molecule has 1 heterocycles. The topological polar surface area (TPSA) is 61.9 Å². The van der Waals surface area contributed by atoms with E-state index in [2.05, 4.69) is 5.32 Å². The maximum absolute atomic E-state index is 12.9. The number of nitrogens with one attached hydrogen (secondary N) is 1. The molecule has 0 spiro atoms. The lowest BCUT2D eigenvalue weighted by Gasteiger charge is -2.37. The number of rotatable bonds is 6. The third-order valence-corrected chi connectivity index (χ3v) is 5.60. The van der Waals surface area contributed by atoms with Crippen LogP contribution in [0.5, 0.6) is 5.75 Å². The van der Waals surface area contributed by atoms with Gasteiger partial charge in [-0.15, -0.1) is 0 Å². The zero-order chi connectivity index (χ0) is 24.2. The summed E-state index contributed by atoms with van der Waals surface area (Å²) < 4.78 is 43.9. The van der Waals surface area contributed by atoms with Crippen molar-refractivity contribution in [3.05, 3.63) is 53.1 Å². The van der Waals surface area contributed by atoms with Crippen LogP contribution in [0.1, 0.15) is 30.6 Å². The number of hydrogen-bond donors (Lipinski definition) is 1. The van der Waals surface area contributed by atoms with Gasteiger partial charge < -0.3 is 19.9 Å². The normalized spacial score (nSPS) is 15.2. The number of carbonyl (C=O) groups is 2. The number of halogens is 4. The van der Waals surface area contributed by atoms with Gasteiger partial charge in [0.05, 0.1) is 17.5 Å². The van der Waals surface area contributed by atoms with Gasteiger partial charge in [0.2, 0.25) is 0 Å². The van der Waals surface area contributed by atoms with Crippen LogP contribution in [-0.2, 0) is 4.79 Å². The van der Waals surface area contributed by atoms with Gasteiger partial charge in [0.1, 0.15) is 5.75 Å². The van der Waals surface area contributed by atoms with E-state index in [1.165, 1.54) is 0 Å². The summed E-state index contributed by atoms with van der Waals surface area (Å²) in [6.07, 6.45) is -4.07. The van der Waals surface area contributed by atoms with Crippen molar-refractivity contribution in [2.24, 2.45) is 0 Å². The Morgan fingerprint density at radius 1 is 1.12 bits per heavy atom. The molecule has 3 rings (SSSR count). The highest BCUT2D eigenvalue weighted by atomic mass is 35.5. The Kier molecular flexibility index (Phi) is 7.73. The first kappa shape index (κ1) is 24.7. The van der Waals surface area contributed by atoms with Crippen LogP contribution in [0.25, 0.3) is 0 Å². The Bertz CT molecular complexity index is 1010. The average Bonchev–Trinajstić information content (AvgIpc) is 2.78. The molecule has 1 fully saturated rings. The SMILES string of the molecule is CCC(C)Oc1cccc(C(=O)Nc2cc(Cl)ccc2N2CCN(C(=O)C(F)(F)F)CC2)c1. The Balaban J connectivity index is 1.74. The van der Waals surface area contributed by atoms with Gasteiger partial charge in [0.15, 0.2) is 0 Å². The van der Waals surface area contributed by atoms with Crippen molar-refractivity contribution in [3.8, 4) is 5.75 Å². The Morgan fingerprint density at radius 3 is 2.45 bits per heavy atom. The molecular formula is C23H25ClF3N3O3. The van der Waals surface area contributed by atoms with E-state index >= 15 is 0 Å². The third kappa shape index (κ3) is 6.31. The zero-order valence-corrected chi connectivity index (χ0v) is 19.0. The smallest absolute Gasteiger partial charge is 0.471 e. The van der Waals surface area contributed by atoms with Crippen LogP contribution in [0.2, 0.25) is 5.02 Å². The molecule has 1 saturated heterocycles. The van der Waals surface area contributed by atoms with Crippen LogP contribution in [0.15, 0.2) is 42.5 Å². The molecule has 1 N–H and O–H groups in total. The van der Waals surface area contributed by atoms with E-state index in [9.17, 15) is 22.8 Å². The van der Waals surface area contributed by atoms with Gasteiger partial charge in [-0.2, -0.15) is 13.2 Å². The van der Waals surface area contributed by atoms with Crippen LogP contribution >= 0.6 is 11.6 Å². The molecule has 33 heavy (non-hydrogen) atoms. The molecule has 1 atom stereocenters. The van der Waals surface area contributed by atoms with E-state index in [1.54, 1.807) is 42.5 Å². The van der Waals surface area contributed by atoms with E-state index in [0.717, 1.165) is 11.3 Å². The molecule has 1 aliphatic heterocycles. The number of piperazine rings is 1. The summed E-state index contributed by atoms with van der Waals surface area (Å²) in [6.45, 7) is 4.15.